The van der Waals surface area contributed by atoms with Crippen LogP contribution < -0.4 is 0 Å². The molecule has 0 aromatic carbocycles. The number of halogens is 1. The molecule has 0 saturated carbocycles. The van der Waals surface area contributed by atoms with Crippen LogP contribution in [0, 0.1) is 0 Å². The van der Waals surface area contributed by atoms with Crippen molar-refractivity contribution >= 4 is 22.5 Å². The second-order valence-corrected chi connectivity index (χ2v) is 12.4. The van der Waals surface area contributed by atoms with Crippen LogP contribution in [0.5, 0.6) is 0 Å². The van der Waals surface area contributed by atoms with Crippen molar-refractivity contribution in [1.82, 2.24) is 0 Å². The fraction of sp³-hybridized carbons (Fsp3) is 0.944. The molecule has 0 N–H and O–H groups in total. The molecule has 0 bridgehead atoms. The molecule has 0 aliphatic heterocycles. The average Bonchev–Trinajstić information content (AvgIpc) is 2.56. The van der Waals surface area contributed by atoms with E-state index in [1.807, 2.05) is 17.3 Å². The van der Waals surface area contributed by atoms with Crippen LogP contribution in [0.1, 0.15) is 86.0 Å². The molecule has 0 rings (SSSR count). The number of carbonyl (C=O) groups is 1. The van der Waals surface area contributed by atoms with Gasteiger partial charge in [-0.05, 0) is 0 Å². The van der Waals surface area contributed by atoms with Gasteiger partial charge in [-0.25, -0.2) is 0 Å². The molecular formula is C18H39ClO2PRu. The van der Waals surface area contributed by atoms with Crippen molar-refractivity contribution in [3.8, 4) is 0 Å². The number of carbonyl (C=O) groups excluding carboxylic acids is 1. The summed E-state index contributed by atoms with van der Waals surface area (Å²) in [5, 5.41) is 0. The van der Waals surface area contributed by atoms with E-state index in [2.05, 4.69) is 37.4 Å². The molecule has 143 valence electrons. The molecule has 5 heteroatoms. The summed E-state index contributed by atoms with van der Waals surface area (Å²) in [5.41, 5.74) is 0. The first-order chi connectivity index (χ1) is 11.0. The van der Waals surface area contributed by atoms with Crippen LogP contribution in [0.3, 0.4) is 0 Å². The van der Waals surface area contributed by atoms with Crippen LogP contribution in [0.4, 0.5) is 0 Å². The van der Waals surface area contributed by atoms with Gasteiger partial charge in [-0.15, -0.1) is 0 Å². The summed E-state index contributed by atoms with van der Waals surface area (Å²) in [4.78, 5) is 11.9. The van der Waals surface area contributed by atoms with Gasteiger partial charge in [0.2, 0.25) is 0 Å². The molecule has 0 aliphatic carbocycles. The summed E-state index contributed by atoms with van der Waals surface area (Å²) in [6, 6.07) is 0. The summed E-state index contributed by atoms with van der Waals surface area (Å²) in [5.74, 6) is -0.0351. The first-order valence-corrected chi connectivity index (χ1v) is 14.5. The van der Waals surface area contributed by atoms with Gasteiger partial charge in [0.25, 0.3) is 0 Å². The van der Waals surface area contributed by atoms with E-state index in [4.69, 9.17) is 4.52 Å². The summed E-state index contributed by atoms with van der Waals surface area (Å²) in [6.07, 6.45) is 14.3. The third-order valence-corrected chi connectivity index (χ3v) is 11.3. The first kappa shape index (κ1) is 26.0. The number of rotatable bonds is 13. The van der Waals surface area contributed by atoms with Gasteiger partial charge in [0.15, 0.2) is 0 Å². The molecule has 23 heavy (non-hydrogen) atoms. The SMILES string of the molecule is CCCCP(CCCC)(CCCC)(CCCC)OC(C)=O.[Cl][Ru]. The second-order valence-electron chi connectivity index (χ2n) is 6.75. The van der Waals surface area contributed by atoms with Crippen molar-refractivity contribution in [2.75, 3.05) is 24.6 Å². The van der Waals surface area contributed by atoms with Gasteiger partial charge >= 0.3 is 160 Å². The summed E-state index contributed by atoms with van der Waals surface area (Å²) in [6.45, 7) is 8.29. The minimum atomic E-state index is -2.33. The summed E-state index contributed by atoms with van der Waals surface area (Å²) in [7, 11) is 4.57. The van der Waals surface area contributed by atoms with Gasteiger partial charge < -0.3 is 0 Å². The van der Waals surface area contributed by atoms with E-state index < -0.39 is 6.83 Å². The maximum atomic E-state index is 11.9. The zero-order valence-corrected chi connectivity index (χ0v) is 19.4. The van der Waals surface area contributed by atoms with Gasteiger partial charge in [-0.2, -0.15) is 0 Å². The molecule has 0 fully saturated rings. The zero-order valence-electron chi connectivity index (χ0n) is 16.0. The Balaban J connectivity index is 0. The Bertz CT molecular complexity index is 257. The minimum absolute atomic E-state index is 0.0351. The molecule has 0 amide bonds. The standard InChI is InChI=1S/C18H39O2P.ClH.Ru/c1-6-10-14-21(15-11-7-2,16-12-8-3,17-13-9-4)20-18(5)19;;/h6-17H2,1-5H3;1H;/q;;+1/p-1. The van der Waals surface area contributed by atoms with Crippen molar-refractivity contribution in [1.29, 1.82) is 0 Å². The molecular weight excluding hydrogens is 416 g/mol. The molecule has 0 aromatic heterocycles. The van der Waals surface area contributed by atoms with Crippen LogP contribution in [0.2, 0.25) is 0 Å². The Kier molecular flexibility index (Phi) is 17.1. The number of hydrogen-bond acceptors (Lipinski definition) is 2. The molecule has 2 nitrogen and oxygen atoms in total. The molecule has 0 saturated heterocycles. The van der Waals surface area contributed by atoms with Crippen molar-refractivity contribution in [2.45, 2.75) is 86.0 Å². The topological polar surface area (TPSA) is 26.3 Å². The molecule has 0 aliphatic rings. The van der Waals surface area contributed by atoms with Crippen LogP contribution >= 0.6 is 16.5 Å². The number of unbranched alkanes of at least 4 members (excludes halogenated alkanes) is 4. The fourth-order valence-corrected chi connectivity index (χ4v) is 10.3. The Morgan fingerprint density at radius 3 is 1.22 bits per heavy atom. The van der Waals surface area contributed by atoms with E-state index in [1.165, 1.54) is 76.0 Å². The summed E-state index contributed by atoms with van der Waals surface area (Å²) < 4.78 is 6.33. The van der Waals surface area contributed by atoms with Crippen LogP contribution in [-0.4, -0.2) is 30.6 Å². The van der Waals surface area contributed by atoms with Gasteiger partial charge in [0, 0.05) is 0 Å². The Morgan fingerprint density at radius 1 is 0.783 bits per heavy atom. The summed E-state index contributed by atoms with van der Waals surface area (Å²) >= 11 is 1.82. The van der Waals surface area contributed by atoms with Crippen molar-refractivity contribution in [2.24, 2.45) is 0 Å². The average molecular weight is 455 g/mol. The Morgan fingerprint density at radius 2 is 1.04 bits per heavy atom. The Hall–Kier alpha value is 0.813. The van der Waals surface area contributed by atoms with E-state index in [0.717, 1.165) is 0 Å². The van der Waals surface area contributed by atoms with Crippen LogP contribution in [0.15, 0.2) is 0 Å². The van der Waals surface area contributed by atoms with Gasteiger partial charge in [-0.1, -0.05) is 0 Å². The maximum absolute atomic E-state index is 11.9. The predicted molar refractivity (Wildman–Crippen MR) is 104 cm³/mol. The second kappa shape index (κ2) is 15.1. The normalized spacial score (nSPS) is 12.7. The quantitative estimate of drug-likeness (QED) is 0.223. The van der Waals surface area contributed by atoms with Gasteiger partial charge in [-0.3, -0.25) is 0 Å². The monoisotopic (exact) mass is 455 g/mol. The first-order valence-electron chi connectivity index (χ1n) is 9.32. The van der Waals surface area contributed by atoms with E-state index >= 15 is 0 Å². The number of hydrogen-bond donors (Lipinski definition) is 0. The van der Waals surface area contributed by atoms with E-state index in [-0.39, 0.29) is 5.97 Å². The van der Waals surface area contributed by atoms with E-state index in [0.29, 0.717) is 0 Å². The molecule has 0 spiro atoms. The molecule has 0 heterocycles. The third-order valence-electron chi connectivity index (χ3n) is 4.70. The third kappa shape index (κ3) is 10.4. The van der Waals surface area contributed by atoms with Crippen LogP contribution in [0.25, 0.3) is 0 Å². The molecule has 0 aromatic rings. The van der Waals surface area contributed by atoms with Gasteiger partial charge in [0.1, 0.15) is 0 Å². The molecule has 0 radical (unpaired) electrons. The van der Waals surface area contributed by atoms with Crippen LogP contribution in [-0.2, 0) is 26.6 Å². The van der Waals surface area contributed by atoms with Crippen molar-refractivity contribution < 1.29 is 26.6 Å². The molecule has 0 unspecified atom stereocenters. The van der Waals surface area contributed by atoms with Crippen molar-refractivity contribution in [3.05, 3.63) is 0 Å². The van der Waals surface area contributed by atoms with E-state index in [9.17, 15) is 4.79 Å². The Labute approximate surface area is 159 Å². The predicted octanol–water partition coefficient (Wildman–Crippen LogP) is 6.91. The van der Waals surface area contributed by atoms with Crippen molar-refractivity contribution in [3.63, 3.8) is 0 Å². The fourth-order valence-electron chi connectivity index (χ4n) is 3.45. The van der Waals surface area contributed by atoms with E-state index in [1.54, 1.807) is 6.92 Å². The molecule has 0 atom stereocenters. The van der Waals surface area contributed by atoms with Gasteiger partial charge in [0.05, 0.1) is 0 Å². The zero-order chi connectivity index (χ0) is 18.2.